The Balaban J connectivity index is 0.00000193. The minimum absolute atomic E-state index is 0. The summed E-state index contributed by atoms with van der Waals surface area (Å²) in [5.74, 6) is 0. The molecule has 6 aromatic carbocycles. The Morgan fingerprint density at radius 3 is 1.57 bits per heavy atom. The van der Waals surface area contributed by atoms with E-state index in [2.05, 4.69) is 119 Å². The van der Waals surface area contributed by atoms with Crippen LogP contribution in [-0.2, 0) is 0 Å². The molecule has 0 amide bonds. The second-order valence-electron chi connectivity index (χ2n) is 7.37. The fourth-order valence-corrected chi connectivity index (χ4v) is 5.26. The van der Waals surface area contributed by atoms with Crippen LogP contribution >= 0.6 is 15.9 Å². The standard InChI is InChI=1S/C28H16Br.Li/c29-28-25-16-8-6-13-22(25)21-12-5-7-15-24(21)27(28)26-17-18-9-1-2-10-19(18)20-11-3-4-14-23(20)26;/h1-16H;/q-1;+1. The molecule has 2 heteroatoms. The molecule has 0 saturated carbocycles. The van der Waals surface area contributed by atoms with Crippen molar-refractivity contribution < 1.29 is 18.9 Å². The average Bonchev–Trinajstić information content (AvgIpc) is 2.79. The van der Waals surface area contributed by atoms with Crippen LogP contribution in [0.25, 0.3) is 54.2 Å². The van der Waals surface area contributed by atoms with Crippen LogP contribution in [0.1, 0.15) is 0 Å². The van der Waals surface area contributed by atoms with Gasteiger partial charge in [-0.2, -0.15) is 0 Å². The number of benzene rings is 6. The Labute approximate surface area is 195 Å². The summed E-state index contributed by atoms with van der Waals surface area (Å²) >= 11 is 3.97. The molecule has 0 atom stereocenters. The maximum atomic E-state index is 3.97. The van der Waals surface area contributed by atoms with Crippen molar-refractivity contribution in [1.29, 1.82) is 0 Å². The number of fused-ring (bicyclic) bond motifs is 6. The molecule has 0 unspecified atom stereocenters. The maximum absolute atomic E-state index is 3.97. The van der Waals surface area contributed by atoms with Crippen LogP contribution in [0.4, 0.5) is 0 Å². The summed E-state index contributed by atoms with van der Waals surface area (Å²) in [6.45, 7) is 0. The first-order chi connectivity index (χ1) is 14.3. The first-order valence-corrected chi connectivity index (χ1v) is 10.5. The third-order valence-electron chi connectivity index (χ3n) is 5.79. The van der Waals surface area contributed by atoms with Gasteiger partial charge in [0, 0.05) is 4.47 Å². The second kappa shape index (κ2) is 7.60. The van der Waals surface area contributed by atoms with E-state index in [1.54, 1.807) is 0 Å². The molecular weight excluding hydrogens is 423 g/mol. The Hall–Kier alpha value is -2.56. The number of rotatable bonds is 1. The van der Waals surface area contributed by atoms with Crippen LogP contribution in [0.5, 0.6) is 0 Å². The molecule has 136 valence electrons. The van der Waals surface area contributed by atoms with Crippen molar-refractivity contribution in [3.05, 3.63) is 108 Å². The van der Waals surface area contributed by atoms with Gasteiger partial charge in [-0.05, 0) is 21.5 Å². The molecule has 0 aliphatic carbocycles. The van der Waals surface area contributed by atoms with E-state index >= 15 is 0 Å². The van der Waals surface area contributed by atoms with E-state index in [-0.39, 0.29) is 18.9 Å². The molecule has 0 bridgehead atoms. The summed E-state index contributed by atoms with van der Waals surface area (Å²) in [5.41, 5.74) is 2.36. The van der Waals surface area contributed by atoms with Gasteiger partial charge in [0.2, 0.25) is 0 Å². The van der Waals surface area contributed by atoms with E-state index in [1.165, 1.54) is 43.3 Å². The zero-order valence-electron chi connectivity index (χ0n) is 16.6. The predicted molar refractivity (Wildman–Crippen MR) is 128 cm³/mol. The zero-order chi connectivity index (χ0) is 19.4. The van der Waals surface area contributed by atoms with E-state index in [0.29, 0.717) is 0 Å². The molecule has 0 spiro atoms. The van der Waals surface area contributed by atoms with Crippen LogP contribution in [0.2, 0.25) is 0 Å². The molecular formula is C28H16BrLi. The van der Waals surface area contributed by atoms with Crippen LogP contribution in [0, 0.1) is 6.07 Å². The van der Waals surface area contributed by atoms with Crippen molar-refractivity contribution in [2.45, 2.75) is 0 Å². The largest absolute Gasteiger partial charge is 1.00 e. The summed E-state index contributed by atoms with van der Waals surface area (Å²) in [4.78, 5) is 0. The molecule has 0 nitrogen and oxygen atoms in total. The summed E-state index contributed by atoms with van der Waals surface area (Å²) in [7, 11) is 0. The molecule has 0 aliphatic heterocycles. The molecule has 0 aliphatic rings. The quantitative estimate of drug-likeness (QED) is 0.180. The summed E-state index contributed by atoms with van der Waals surface area (Å²) in [6.07, 6.45) is 0. The molecule has 0 aromatic heterocycles. The van der Waals surface area contributed by atoms with Gasteiger partial charge in [0.05, 0.1) is 0 Å². The van der Waals surface area contributed by atoms with E-state index < -0.39 is 0 Å². The topological polar surface area (TPSA) is 0 Å². The first kappa shape index (κ1) is 19.4. The molecule has 0 heterocycles. The first-order valence-electron chi connectivity index (χ1n) is 9.75. The third kappa shape index (κ3) is 2.82. The Bertz CT molecular complexity index is 1570. The van der Waals surface area contributed by atoms with E-state index in [4.69, 9.17) is 0 Å². The summed E-state index contributed by atoms with van der Waals surface area (Å²) in [5, 5.41) is 9.89. The van der Waals surface area contributed by atoms with Gasteiger partial charge in [0.1, 0.15) is 0 Å². The second-order valence-corrected chi connectivity index (χ2v) is 8.16. The Kier molecular flexibility index (Phi) is 4.92. The fourth-order valence-electron chi connectivity index (χ4n) is 4.50. The van der Waals surface area contributed by atoms with E-state index in [1.807, 2.05) is 0 Å². The molecule has 0 fully saturated rings. The van der Waals surface area contributed by atoms with Crippen LogP contribution in [0.15, 0.2) is 102 Å². The summed E-state index contributed by atoms with van der Waals surface area (Å²) < 4.78 is 1.13. The van der Waals surface area contributed by atoms with Gasteiger partial charge < -0.3 is 0 Å². The minimum atomic E-state index is 0. The number of hydrogen-bond donors (Lipinski definition) is 0. The third-order valence-corrected chi connectivity index (χ3v) is 6.62. The van der Waals surface area contributed by atoms with E-state index in [0.717, 1.165) is 15.4 Å². The van der Waals surface area contributed by atoms with Gasteiger partial charge in [0.25, 0.3) is 0 Å². The van der Waals surface area contributed by atoms with Crippen LogP contribution in [0.3, 0.4) is 0 Å². The van der Waals surface area contributed by atoms with Gasteiger partial charge in [-0.25, -0.2) is 0 Å². The molecule has 6 rings (SSSR count). The van der Waals surface area contributed by atoms with Crippen molar-refractivity contribution in [3.63, 3.8) is 0 Å². The molecule has 0 saturated heterocycles. The fraction of sp³-hybridized carbons (Fsp3) is 0. The van der Waals surface area contributed by atoms with Gasteiger partial charge in [0.15, 0.2) is 0 Å². The number of hydrogen-bond acceptors (Lipinski definition) is 0. The minimum Gasteiger partial charge on any atom is -0.118 e. The summed E-state index contributed by atoms with van der Waals surface area (Å²) in [6, 6.07) is 38.2. The maximum Gasteiger partial charge on any atom is 1.00 e. The van der Waals surface area contributed by atoms with Crippen molar-refractivity contribution in [3.8, 4) is 11.1 Å². The SMILES string of the molecule is Brc1c(-c2[c-]c3ccccc3c3ccccc23)c2ccccc2c2ccccc12.[Li+]. The van der Waals surface area contributed by atoms with Crippen molar-refractivity contribution in [2.75, 3.05) is 0 Å². The molecule has 0 radical (unpaired) electrons. The average molecular weight is 439 g/mol. The van der Waals surface area contributed by atoms with Gasteiger partial charge >= 0.3 is 18.9 Å². The van der Waals surface area contributed by atoms with Crippen molar-refractivity contribution in [2.24, 2.45) is 0 Å². The Morgan fingerprint density at radius 1 is 0.467 bits per heavy atom. The van der Waals surface area contributed by atoms with Crippen molar-refractivity contribution in [1.82, 2.24) is 0 Å². The van der Waals surface area contributed by atoms with E-state index in [9.17, 15) is 0 Å². The smallest absolute Gasteiger partial charge is 0.118 e. The van der Waals surface area contributed by atoms with Gasteiger partial charge in [-0.1, -0.05) is 129 Å². The molecule has 30 heavy (non-hydrogen) atoms. The van der Waals surface area contributed by atoms with Crippen molar-refractivity contribution >= 4 is 59.0 Å². The number of halogens is 1. The Morgan fingerprint density at radius 2 is 0.900 bits per heavy atom. The molecule has 0 N–H and O–H groups in total. The monoisotopic (exact) mass is 438 g/mol. The van der Waals surface area contributed by atoms with Gasteiger partial charge in [-0.3, -0.25) is 0 Å². The predicted octanol–water partition coefficient (Wildman–Crippen LogP) is 5.53. The van der Waals surface area contributed by atoms with Gasteiger partial charge in [-0.15, -0.1) is 23.1 Å². The zero-order valence-corrected chi connectivity index (χ0v) is 18.2. The van der Waals surface area contributed by atoms with Crippen LogP contribution < -0.4 is 18.9 Å². The molecule has 6 aromatic rings. The normalized spacial score (nSPS) is 11.2. The van der Waals surface area contributed by atoms with Crippen LogP contribution in [-0.4, -0.2) is 0 Å².